The fourth-order valence-electron chi connectivity index (χ4n) is 4.79. The Morgan fingerprint density at radius 1 is 0.544 bits per heavy atom. The van der Waals surface area contributed by atoms with Crippen molar-refractivity contribution in [3.05, 3.63) is 122 Å². The summed E-state index contributed by atoms with van der Waals surface area (Å²) in [6.07, 6.45) is 56.8. The Kier molecular flexibility index (Phi) is 37.6. The lowest BCUT2D eigenvalue weighted by molar-refractivity contribution is -0.870. The van der Waals surface area contributed by atoms with Crippen LogP contribution < -0.4 is 0 Å². The first-order valence-electron chi connectivity index (χ1n) is 21.3. The molecule has 2 atom stereocenters. The van der Waals surface area contributed by atoms with Crippen molar-refractivity contribution in [3.63, 3.8) is 0 Å². The monoisotopic (exact) mass is 813 g/mol. The number of esters is 1. The summed E-state index contributed by atoms with van der Waals surface area (Å²) in [4.78, 5) is 22.8. The molecule has 0 aliphatic carbocycles. The highest BCUT2D eigenvalue weighted by Crippen LogP contribution is 2.43. The van der Waals surface area contributed by atoms with Crippen LogP contribution in [0.3, 0.4) is 0 Å². The number of hydrogen-bond acceptors (Lipinski definition) is 6. The fourth-order valence-corrected chi connectivity index (χ4v) is 5.53. The van der Waals surface area contributed by atoms with Crippen LogP contribution in [0.2, 0.25) is 0 Å². The number of unbranched alkanes of at least 4 members (excludes halogenated alkanes) is 3. The molecule has 0 aliphatic rings. The van der Waals surface area contributed by atoms with E-state index >= 15 is 0 Å². The Hall–Kier alpha value is -3.10. The van der Waals surface area contributed by atoms with Gasteiger partial charge in [0.15, 0.2) is 0 Å². The van der Waals surface area contributed by atoms with Gasteiger partial charge in [0.1, 0.15) is 19.3 Å². The smallest absolute Gasteiger partial charge is 0.457 e. The number of quaternary nitrogens is 1. The molecule has 0 heterocycles. The quantitative estimate of drug-likeness (QED) is 0.0220. The molecule has 0 aromatic heterocycles. The standard InChI is InChI=1S/C48H78NO7P/c1-6-8-10-12-14-16-18-20-22-24-26-28-30-32-34-36-38-40-43-53-45-47(46-55-57(51,52)54-44-42-49(3,4)5)56-48(50)41-39-37-35-33-31-29-27-25-23-21-19-17-15-13-11-9-7-2/h8-11,14-17,20-23,26-29,32-35,47H,6-7,12-13,18-19,24-25,30-31,36-46H2,1-5H3/p+1/b10-8-,11-9-,16-14-,17-15-,22-20-,23-21-,28-26-,29-27-,34-32-,35-33-. The Morgan fingerprint density at radius 2 is 0.947 bits per heavy atom. The molecular formula is C48H79NO7P+. The zero-order valence-electron chi connectivity index (χ0n) is 36.3. The largest absolute Gasteiger partial charge is 0.472 e. The lowest BCUT2D eigenvalue weighted by Crippen LogP contribution is -2.37. The van der Waals surface area contributed by atoms with Crippen LogP contribution in [0, 0.1) is 0 Å². The number of rotatable bonds is 37. The van der Waals surface area contributed by atoms with Crippen molar-refractivity contribution >= 4 is 13.8 Å². The topological polar surface area (TPSA) is 91.3 Å². The van der Waals surface area contributed by atoms with Crippen molar-refractivity contribution in [2.75, 3.05) is 54.1 Å². The molecule has 0 radical (unpaired) electrons. The van der Waals surface area contributed by atoms with Crippen LogP contribution in [0.25, 0.3) is 0 Å². The molecule has 322 valence electrons. The van der Waals surface area contributed by atoms with E-state index in [1.807, 2.05) is 21.1 Å². The second-order valence-electron chi connectivity index (χ2n) is 14.6. The van der Waals surface area contributed by atoms with Crippen LogP contribution in [0.4, 0.5) is 0 Å². The van der Waals surface area contributed by atoms with Gasteiger partial charge < -0.3 is 18.9 Å². The zero-order valence-corrected chi connectivity index (χ0v) is 37.2. The van der Waals surface area contributed by atoms with Gasteiger partial charge in [-0.3, -0.25) is 13.8 Å². The lowest BCUT2D eigenvalue weighted by Gasteiger charge is -2.24. The molecule has 0 aromatic carbocycles. The molecule has 0 spiro atoms. The number of allylic oxidation sites excluding steroid dienone is 20. The summed E-state index contributed by atoms with van der Waals surface area (Å²) >= 11 is 0. The molecular weight excluding hydrogens is 734 g/mol. The van der Waals surface area contributed by atoms with Crippen LogP contribution >= 0.6 is 7.82 Å². The summed E-state index contributed by atoms with van der Waals surface area (Å²) in [5.74, 6) is -0.392. The highest BCUT2D eigenvalue weighted by molar-refractivity contribution is 7.47. The first kappa shape index (κ1) is 53.9. The average molecular weight is 813 g/mol. The van der Waals surface area contributed by atoms with Gasteiger partial charge in [-0.2, -0.15) is 0 Å². The first-order chi connectivity index (χ1) is 27.6. The van der Waals surface area contributed by atoms with E-state index in [0.717, 1.165) is 89.9 Å². The number of carbonyl (C=O) groups is 1. The number of phosphoric ester groups is 1. The maximum Gasteiger partial charge on any atom is 0.472 e. The lowest BCUT2D eigenvalue weighted by atomic mass is 10.2. The molecule has 0 aliphatic heterocycles. The van der Waals surface area contributed by atoms with Crippen molar-refractivity contribution in [3.8, 4) is 0 Å². The van der Waals surface area contributed by atoms with Gasteiger partial charge in [0.05, 0.1) is 34.4 Å². The Balaban J connectivity index is 4.48. The molecule has 57 heavy (non-hydrogen) atoms. The van der Waals surface area contributed by atoms with Gasteiger partial charge in [0.2, 0.25) is 0 Å². The van der Waals surface area contributed by atoms with E-state index in [2.05, 4.69) is 135 Å². The average Bonchev–Trinajstić information content (AvgIpc) is 3.16. The highest BCUT2D eigenvalue weighted by atomic mass is 31.2. The third-order valence-corrected chi connectivity index (χ3v) is 9.00. The summed E-state index contributed by atoms with van der Waals surface area (Å²) in [7, 11) is 1.58. The van der Waals surface area contributed by atoms with Crippen LogP contribution in [0.15, 0.2) is 122 Å². The summed E-state index contributed by atoms with van der Waals surface area (Å²) < 4.78 is 34.8. The maximum absolute atomic E-state index is 12.7. The van der Waals surface area contributed by atoms with Gasteiger partial charge in [-0.1, -0.05) is 135 Å². The van der Waals surface area contributed by atoms with E-state index in [0.29, 0.717) is 24.1 Å². The first-order valence-corrected chi connectivity index (χ1v) is 22.8. The van der Waals surface area contributed by atoms with E-state index in [-0.39, 0.29) is 26.2 Å². The molecule has 1 N–H and O–H groups in total. The molecule has 9 heteroatoms. The molecule has 0 rings (SSSR count). The molecule has 0 saturated carbocycles. The predicted octanol–water partition coefficient (Wildman–Crippen LogP) is 12.6. The van der Waals surface area contributed by atoms with Crippen LogP contribution in [0.5, 0.6) is 0 Å². The second-order valence-corrected chi connectivity index (χ2v) is 16.1. The number of nitrogens with zero attached hydrogens (tertiary/aromatic N) is 1. The van der Waals surface area contributed by atoms with Gasteiger partial charge in [-0.05, 0) is 96.3 Å². The van der Waals surface area contributed by atoms with Gasteiger partial charge >= 0.3 is 13.8 Å². The van der Waals surface area contributed by atoms with Crippen molar-refractivity contribution in [2.45, 2.75) is 123 Å². The SMILES string of the molecule is CC/C=C\C/C=C\C/C=C\C/C=C\C/C=C\CCCCOCC(COP(=O)(O)OCC[N+](C)(C)C)OC(=O)CCC/C=C\C/C=C\C/C=C\C/C=C\C/C=C\CC. The number of likely N-dealkylation sites (N-methyl/N-ethyl adjacent to an activating group) is 1. The maximum atomic E-state index is 12.7. The molecule has 0 saturated heterocycles. The van der Waals surface area contributed by atoms with E-state index in [4.69, 9.17) is 18.5 Å². The van der Waals surface area contributed by atoms with E-state index in [9.17, 15) is 14.3 Å². The van der Waals surface area contributed by atoms with Gasteiger partial charge in [-0.25, -0.2) is 4.57 Å². The molecule has 0 aromatic rings. The Morgan fingerprint density at radius 3 is 1.37 bits per heavy atom. The summed E-state index contributed by atoms with van der Waals surface area (Å²) in [6, 6.07) is 0. The van der Waals surface area contributed by atoms with Crippen molar-refractivity contribution in [2.24, 2.45) is 0 Å². The van der Waals surface area contributed by atoms with Crippen molar-refractivity contribution in [1.82, 2.24) is 0 Å². The summed E-state index contributed by atoms with van der Waals surface area (Å²) in [6.45, 7) is 5.15. The van der Waals surface area contributed by atoms with E-state index in [1.54, 1.807) is 0 Å². The molecule has 2 unspecified atom stereocenters. The Bertz CT molecular complexity index is 1310. The molecule has 8 nitrogen and oxygen atoms in total. The zero-order chi connectivity index (χ0) is 42.0. The summed E-state index contributed by atoms with van der Waals surface area (Å²) in [5, 5.41) is 0. The minimum Gasteiger partial charge on any atom is -0.457 e. The molecule has 0 fully saturated rings. The van der Waals surface area contributed by atoms with Crippen molar-refractivity contribution < 1.29 is 37.3 Å². The van der Waals surface area contributed by atoms with Crippen molar-refractivity contribution in [1.29, 1.82) is 0 Å². The summed E-state index contributed by atoms with van der Waals surface area (Å²) in [5.41, 5.74) is 0. The molecule has 0 amide bonds. The van der Waals surface area contributed by atoms with E-state index in [1.165, 1.54) is 0 Å². The van der Waals surface area contributed by atoms with Gasteiger partial charge in [0, 0.05) is 13.0 Å². The van der Waals surface area contributed by atoms with Crippen LogP contribution in [0.1, 0.15) is 117 Å². The minimum absolute atomic E-state index is 0.0614. The normalized spacial score (nSPS) is 15.0. The highest BCUT2D eigenvalue weighted by Gasteiger charge is 2.26. The third-order valence-electron chi connectivity index (χ3n) is 8.02. The number of hydrogen-bond donors (Lipinski definition) is 1. The third kappa shape index (κ3) is 43.9. The van der Waals surface area contributed by atoms with E-state index < -0.39 is 19.9 Å². The predicted molar refractivity (Wildman–Crippen MR) is 242 cm³/mol. The number of phosphoric acid groups is 1. The van der Waals surface area contributed by atoms with Crippen LogP contribution in [-0.4, -0.2) is 75.6 Å². The van der Waals surface area contributed by atoms with Crippen LogP contribution in [-0.2, 0) is 27.9 Å². The number of ether oxygens (including phenoxy) is 2. The second kappa shape index (κ2) is 39.7. The minimum atomic E-state index is -4.31. The number of carbonyl (C=O) groups excluding carboxylic acids is 1. The Labute approximate surface area is 348 Å². The fraction of sp³-hybridized carbons (Fsp3) is 0.562. The molecule has 0 bridgehead atoms. The van der Waals surface area contributed by atoms with Gasteiger partial charge in [0.25, 0.3) is 0 Å². The van der Waals surface area contributed by atoms with Gasteiger partial charge in [-0.15, -0.1) is 0 Å².